The van der Waals surface area contributed by atoms with Gasteiger partial charge >= 0.3 is 0 Å². The summed E-state index contributed by atoms with van der Waals surface area (Å²) in [5, 5.41) is 12.4. The highest BCUT2D eigenvalue weighted by molar-refractivity contribution is 7.18. The first-order valence-corrected chi connectivity index (χ1v) is 8.70. The van der Waals surface area contributed by atoms with Crippen molar-refractivity contribution < 1.29 is 5.11 Å². The summed E-state index contributed by atoms with van der Waals surface area (Å²) in [5.74, 6) is 0. The molecule has 1 N–H and O–H groups in total. The Morgan fingerprint density at radius 1 is 0.833 bits per heavy atom. The Morgan fingerprint density at radius 3 is 2.00 bits per heavy atom. The molecule has 0 saturated heterocycles. The smallest absolute Gasteiger partial charge is 0.166 e. The molecule has 0 radical (unpaired) electrons. The lowest BCUT2D eigenvalue weighted by molar-refractivity contribution is 0.125. The van der Waals surface area contributed by atoms with Crippen molar-refractivity contribution in [1.82, 2.24) is 4.98 Å². The third-order valence-electron chi connectivity index (χ3n) is 4.24. The van der Waals surface area contributed by atoms with Gasteiger partial charge in [0.15, 0.2) is 5.60 Å². The van der Waals surface area contributed by atoms with Gasteiger partial charge in [-0.3, -0.25) is 0 Å². The molecule has 3 heteroatoms. The molecule has 118 valence electrons. The van der Waals surface area contributed by atoms with Crippen LogP contribution in [0, 0.1) is 6.92 Å². The van der Waals surface area contributed by atoms with Crippen LogP contribution in [0.2, 0.25) is 0 Å². The van der Waals surface area contributed by atoms with Crippen LogP contribution in [0.15, 0.2) is 78.9 Å². The van der Waals surface area contributed by atoms with Crippen LogP contribution < -0.4 is 0 Å². The van der Waals surface area contributed by atoms with Gasteiger partial charge in [0.2, 0.25) is 0 Å². The van der Waals surface area contributed by atoms with Crippen molar-refractivity contribution in [3.05, 3.63) is 101 Å². The van der Waals surface area contributed by atoms with Gasteiger partial charge in [-0.1, -0.05) is 66.7 Å². The van der Waals surface area contributed by atoms with Crippen LogP contribution in [0.4, 0.5) is 0 Å². The second-order valence-corrected chi connectivity index (χ2v) is 6.96. The van der Waals surface area contributed by atoms with Gasteiger partial charge in [0.05, 0.1) is 10.2 Å². The summed E-state index contributed by atoms with van der Waals surface area (Å²) in [4.78, 5) is 4.75. The average molecular weight is 331 g/mol. The van der Waals surface area contributed by atoms with E-state index in [0.29, 0.717) is 5.01 Å². The van der Waals surface area contributed by atoms with Crippen molar-refractivity contribution in [3.63, 3.8) is 0 Å². The Balaban J connectivity index is 1.98. The number of aromatic nitrogens is 1. The van der Waals surface area contributed by atoms with Gasteiger partial charge in [0.25, 0.3) is 0 Å². The molecular weight excluding hydrogens is 314 g/mol. The molecule has 0 fully saturated rings. The Hall–Kier alpha value is -2.49. The van der Waals surface area contributed by atoms with Gasteiger partial charge in [-0.2, -0.15) is 0 Å². The van der Waals surface area contributed by atoms with E-state index in [1.54, 1.807) is 11.3 Å². The summed E-state index contributed by atoms with van der Waals surface area (Å²) in [7, 11) is 0. The molecule has 1 aromatic heterocycles. The maximum atomic E-state index is 11.7. The minimum atomic E-state index is -1.25. The van der Waals surface area contributed by atoms with Gasteiger partial charge in [-0.25, -0.2) is 4.98 Å². The summed E-state index contributed by atoms with van der Waals surface area (Å²) in [6.45, 7) is 2.07. The molecule has 0 aliphatic carbocycles. The SMILES string of the molecule is Cc1ccc2nc(C(O)(c3ccccc3)c3ccccc3)sc2c1. The van der Waals surface area contributed by atoms with E-state index in [1.165, 1.54) is 5.56 Å². The molecule has 0 saturated carbocycles. The highest BCUT2D eigenvalue weighted by Gasteiger charge is 2.36. The minimum absolute atomic E-state index is 0.695. The Kier molecular flexibility index (Phi) is 3.68. The van der Waals surface area contributed by atoms with Crippen LogP contribution in [0.3, 0.4) is 0 Å². The maximum Gasteiger partial charge on any atom is 0.166 e. The molecule has 0 amide bonds. The third kappa shape index (κ3) is 2.42. The largest absolute Gasteiger partial charge is 0.374 e. The van der Waals surface area contributed by atoms with Crippen LogP contribution in [0.5, 0.6) is 0 Å². The highest BCUT2D eigenvalue weighted by Crippen LogP contribution is 2.40. The van der Waals surface area contributed by atoms with Crippen LogP contribution in [-0.2, 0) is 5.60 Å². The van der Waals surface area contributed by atoms with Crippen molar-refractivity contribution in [1.29, 1.82) is 0 Å². The topological polar surface area (TPSA) is 33.1 Å². The molecule has 0 aliphatic heterocycles. The number of benzene rings is 3. The summed E-state index contributed by atoms with van der Waals surface area (Å²) in [6, 6.07) is 25.7. The molecule has 0 bridgehead atoms. The quantitative estimate of drug-likeness (QED) is 0.580. The van der Waals surface area contributed by atoms with Crippen molar-refractivity contribution >= 4 is 21.6 Å². The molecule has 1 heterocycles. The number of aryl methyl sites for hydroxylation is 1. The minimum Gasteiger partial charge on any atom is -0.374 e. The molecule has 24 heavy (non-hydrogen) atoms. The van der Waals surface area contributed by atoms with Crippen LogP contribution in [-0.4, -0.2) is 10.1 Å². The van der Waals surface area contributed by atoms with Crippen molar-refractivity contribution in [2.75, 3.05) is 0 Å². The Labute approximate surface area is 145 Å². The van der Waals surface area contributed by atoms with Crippen molar-refractivity contribution in [2.24, 2.45) is 0 Å². The van der Waals surface area contributed by atoms with Crippen LogP contribution in [0.1, 0.15) is 21.7 Å². The predicted molar refractivity (Wildman–Crippen MR) is 99.3 cm³/mol. The average Bonchev–Trinajstić information content (AvgIpc) is 3.06. The van der Waals surface area contributed by atoms with Crippen LogP contribution in [0.25, 0.3) is 10.2 Å². The monoisotopic (exact) mass is 331 g/mol. The molecule has 0 atom stereocenters. The Bertz CT molecular complexity index is 937. The molecular formula is C21H17NOS. The summed E-state index contributed by atoms with van der Waals surface area (Å²) in [5.41, 5.74) is 2.52. The number of hydrogen-bond acceptors (Lipinski definition) is 3. The molecule has 0 unspecified atom stereocenters. The predicted octanol–water partition coefficient (Wildman–Crippen LogP) is 4.89. The first-order valence-electron chi connectivity index (χ1n) is 7.89. The number of thiazole rings is 1. The fourth-order valence-corrected chi connectivity index (χ4v) is 4.16. The van der Waals surface area contributed by atoms with E-state index in [9.17, 15) is 5.11 Å². The Morgan fingerprint density at radius 2 is 1.42 bits per heavy atom. The van der Waals surface area contributed by atoms with E-state index in [0.717, 1.165) is 21.3 Å². The van der Waals surface area contributed by atoms with E-state index in [2.05, 4.69) is 19.1 Å². The normalized spacial score (nSPS) is 11.8. The number of nitrogens with zero attached hydrogens (tertiary/aromatic N) is 1. The molecule has 0 spiro atoms. The maximum absolute atomic E-state index is 11.7. The van der Waals surface area contributed by atoms with E-state index in [1.807, 2.05) is 66.7 Å². The zero-order valence-corrected chi connectivity index (χ0v) is 14.1. The molecule has 4 aromatic rings. The van der Waals surface area contributed by atoms with Gasteiger partial charge < -0.3 is 5.11 Å². The van der Waals surface area contributed by atoms with E-state index in [4.69, 9.17) is 4.98 Å². The lowest BCUT2D eigenvalue weighted by Crippen LogP contribution is -2.28. The zero-order valence-electron chi connectivity index (χ0n) is 13.3. The number of aliphatic hydroxyl groups is 1. The first-order chi connectivity index (χ1) is 11.7. The summed E-state index contributed by atoms with van der Waals surface area (Å²) < 4.78 is 1.09. The van der Waals surface area contributed by atoms with Crippen molar-refractivity contribution in [2.45, 2.75) is 12.5 Å². The van der Waals surface area contributed by atoms with Crippen LogP contribution >= 0.6 is 11.3 Å². The van der Waals surface area contributed by atoms with Gasteiger partial charge in [0, 0.05) is 0 Å². The standard InChI is InChI=1S/C21H17NOS/c1-15-12-13-18-19(14-15)24-20(22-18)21(23,16-8-4-2-5-9-16)17-10-6-3-7-11-17/h2-14,23H,1H3. The summed E-state index contributed by atoms with van der Waals surface area (Å²) in [6.07, 6.45) is 0. The fraction of sp³-hybridized carbons (Fsp3) is 0.0952. The second-order valence-electron chi connectivity index (χ2n) is 5.93. The molecule has 0 aliphatic rings. The van der Waals surface area contributed by atoms with Gasteiger partial charge in [-0.15, -0.1) is 11.3 Å². The lowest BCUT2D eigenvalue weighted by Gasteiger charge is -2.27. The van der Waals surface area contributed by atoms with E-state index in [-0.39, 0.29) is 0 Å². The number of hydrogen-bond donors (Lipinski definition) is 1. The highest BCUT2D eigenvalue weighted by atomic mass is 32.1. The second kappa shape index (κ2) is 5.86. The van der Waals surface area contributed by atoms with Crippen molar-refractivity contribution in [3.8, 4) is 0 Å². The van der Waals surface area contributed by atoms with E-state index < -0.39 is 5.60 Å². The van der Waals surface area contributed by atoms with Gasteiger partial charge in [0.1, 0.15) is 5.01 Å². The molecule has 4 rings (SSSR count). The first kappa shape index (κ1) is 15.1. The van der Waals surface area contributed by atoms with E-state index >= 15 is 0 Å². The molecule has 3 aromatic carbocycles. The number of fused-ring (bicyclic) bond motifs is 1. The third-order valence-corrected chi connectivity index (χ3v) is 5.36. The van der Waals surface area contributed by atoms with Gasteiger partial charge in [-0.05, 0) is 35.7 Å². The summed E-state index contributed by atoms with van der Waals surface area (Å²) >= 11 is 1.55. The zero-order chi connectivity index (χ0) is 16.6. The molecule has 2 nitrogen and oxygen atoms in total. The fourth-order valence-electron chi connectivity index (χ4n) is 2.96. The number of rotatable bonds is 3. The lowest BCUT2D eigenvalue weighted by atomic mass is 9.87.